The van der Waals surface area contributed by atoms with Crippen LogP contribution in [0.4, 0.5) is 5.95 Å². The topological polar surface area (TPSA) is 52.0 Å². The Hall–Kier alpha value is -0.710. The molecule has 1 heterocycles. The lowest BCUT2D eigenvalue weighted by Crippen LogP contribution is -2.16. The number of nitrogens with one attached hydrogen (secondary N) is 2. The molecule has 0 saturated carbocycles. The van der Waals surface area contributed by atoms with Crippen molar-refractivity contribution in [3.8, 4) is 0 Å². The smallest absolute Gasteiger partial charge is 0.295 e. The van der Waals surface area contributed by atoms with Crippen LogP contribution in [0.3, 0.4) is 0 Å². The highest BCUT2D eigenvalue weighted by atomic mass is 79.9. The molecule has 0 aliphatic rings. The zero-order chi connectivity index (χ0) is 9.52. The van der Waals surface area contributed by atoms with Crippen LogP contribution >= 0.6 is 15.9 Å². The third-order valence-electron chi connectivity index (χ3n) is 1.65. The number of unbranched alkanes of at least 4 members (excludes halogenated alkanes) is 2. The SMILES string of the molecule is CCCCCNc1nc(Br)nc[nH+]1. The molecule has 4 nitrogen and oxygen atoms in total. The van der Waals surface area contributed by atoms with E-state index in [1.807, 2.05) is 0 Å². The molecule has 1 rings (SSSR count). The van der Waals surface area contributed by atoms with Crippen molar-refractivity contribution < 1.29 is 4.98 Å². The third kappa shape index (κ3) is 4.17. The number of hydrogen-bond donors (Lipinski definition) is 1. The van der Waals surface area contributed by atoms with Gasteiger partial charge in [-0.05, 0) is 6.42 Å². The lowest BCUT2D eigenvalue weighted by atomic mass is 10.2. The Balaban J connectivity index is 2.28. The summed E-state index contributed by atoms with van der Waals surface area (Å²) in [6, 6.07) is 0. The maximum absolute atomic E-state index is 4.11. The predicted molar refractivity (Wildman–Crippen MR) is 54.3 cm³/mol. The molecular weight excluding hydrogens is 232 g/mol. The highest BCUT2D eigenvalue weighted by molar-refractivity contribution is 9.10. The minimum Gasteiger partial charge on any atom is -0.295 e. The van der Waals surface area contributed by atoms with Crippen LogP contribution in [0.2, 0.25) is 0 Å². The van der Waals surface area contributed by atoms with Crippen LogP contribution in [0.25, 0.3) is 0 Å². The molecule has 72 valence electrons. The Labute approximate surface area is 86.3 Å². The van der Waals surface area contributed by atoms with E-state index >= 15 is 0 Å². The van der Waals surface area contributed by atoms with Gasteiger partial charge in [-0.2, -0.15) is 0 Å². The molecule has 0 aromatic carbocycles. The quantitative estimate of drug-likeness (QED) is 0.804. The van der Waals surface area contributed by atoms with Gasteiger partial charge < -0.3 is 0 Å². The number of halogens is 1. The van der Waals surface area contributed by atoms with E-state index in [-0.39, 0.29) is 0 Å². The number of anilines is 1. The lowest BCUT2D eigenvalue weighted by molar-refractivity contribution is -0.370. The van der Waals surface area contributed by atoms with Crippen LogP contribution in [-0.4, -0.2) is 16.5 Å². The second kappa shape index (κ2) is 5.85. The number of hydrogen-bond acceptors (Lipinski definition) is 3. The van der Waals surface area contributed by atoms with Gasteiger partial charge in [-0.3, -0.25) is 5.32 Å². The van der Waals surface area contributed by atoms with Crippen molar-refractivity contribution in [2.24, 2.45) is 0 Å². The molecule has 13 heavy (non-hydrogen) atoms. The van der Waals surface area contributed by atoms with Gasteiger partial charge in [0.05, 0.1) is 6.54 Å². The van der Waals surface area contributed by atoms with Crippen LogP contribution in [-0.2, 0) is 0 Å². The van der Waals surface area contributed by atoms with Crippen LogP contribution in [0.5, 0.6) is 0 Å². The fraction of sp³-hybridized carbons (Fsp3) is 0.625. The average Bonchev–Trinajstić information content (AvgIpc) is 2.13. The van der Waals surface area contributed by atoms with E-state index in [1.165, 1.54) is 19.3 Å². The number of H-pyrrole nitrogens is 1. The van der Waals surface area contributed by atoms with Gasteiger partial charge in [-0.15, -0.1) is 4.98 Å². The van der Waals surface area contributed by atoms with E-state index in [2.05, 4.69) is 43.1 Å². The summed E-state index contributed by atoms with van der Waals surface area (Å²) in [6.07, 6.45) is 5.27. The Bertz CT molecular complexity index is 254. The molecule has 0 bridgehead atoms. The molecule has 0 unspecified atom stereocenters. The van der Waals surface area contributed by atoms with Gasteiger partial charge in [0.2, 0.25) is 0 Å². The normalized spacial score (nSPS) is 10.0. The van der Waals surface area contributed by atoms with Gasteiger partial charge in [0.25, 0.3) is 0 Å². The first kappa shape index (κ1) is 10.4. The van der Waals surface area contributed by atoms with Crippen molar-refractivity contribution in [2.45, 2.75) is 26.2 Å². The summed E-state index contributed by atoms with van der Waals surface area (Å²) < 4.78 is 0.601. The molecular formula is C8H14BrN4+. The van der Waals surface area contributed by atoms with Crippen molar-refractivity contribution in [1.82, 2.24) is 9.97 Å². The number of aromatic nitrogens is 3. The Kier molecular flexibility index (Phi) is 4.67. The lowest BCUT2D eigenvalue weighted by Gasteiger charge is -1.97. The first-order valence-electron chi connectivity index (χ1n) is 4.47. The first-order valence-corrected chi connectivity index (χ1v) is 5.26. The minimum atomic E-state index is 0.601. The molecule has 0 aliphatic carbocycles. The zero-order valence-corrected chi connectivity index (χ0v) is 9.26. The first-order chi connectivity index (χ1) is 6.33. The molecule has 0 radical (unpaired) electrons. The second-order valence-electron chi connectivity index (χ2n) is 2.77. The van der Waals surface area contributed by atoms with Gasteiger partial charge in [-0.25, -0.2) is 4.98 Å². The summed E-state index contributed by atoms with van der Waals surface area (Å²) in [4.78, 5) is 10.9. The molecule has 0 amide bonds. The Morgan fingerprint density at radius 2 is 2.38 bits per heavy atom. The minimum absolute atomic E-state index is 0.601. The Morgan fingerprint density at radius 3 is 3.08 bits per heavy atom. The monoisotopic (exact) mass is 245 g/mol. The number of rotatable bonds is 5. The van der Waals surface area contributed by atoms with E-state index in [0.29, 0.717) is 4.73 Å². The number of aromatic amines is 1. The van der Waals surface area contributed by atoms with Gasteiger partial charge in [0.15, 0.2) is 6.33 Å². The van der Waals surface area contributed by atoms with Gasteiger partial charge in [0, 0.05) is 15.9 Å². The molecule has 1 aromatic heterocycles. The maximum Gasteiger partial charge on any atom is 0.348 e. The largest absolute Gasteiger partial charge is 0.348 e. The van der Waals surface area contributed by atoms with Crippen LogP contribution in [0.1, 0.15) is 26.2 Å². The van der Waals surface area contributed by atoms with E-state index < -0.39 is 0 Å². The van der Waals surface area contributed by atoms with Crippen molar-refractivity contribution >= 4 is 21.9 Å². The van der Waals surface area contributed by atoms with E-state index in [1.54, 1.807) is 6.33 Å². The van der Waals surface area contributed by atoms with Gasteiger partial charge >= 0.3 is 10.7 Å². The summed E-state index contributed by atoms with van der Waals surface area (Å²) in [7, 11) is 0. The number of nitrogens with zero attached hydrogens (tertiary/aromatic N) is 2. The van der Waals surface area contributed by atoms with E-state index in [9.17, 15) is 0 Å². The zero-order valence-electron chi connectivity index (χ0n) is 7.68. The molecule has 0 saturated heterocycles. The molecule has 0 atom stereocenters. The summed E-state index contributed by atoms with van der Waals surface area (Å²) in [6.45, 7) is 3.14. The summed E-state index contributed by atoms with van der Waals surface area (Å²) >= 11 is 3.20. The highest BCUT2D eigenvalue weighted by Gasteiger charge is 2.03. The standard InChI is InChI=1S/C8H13BrN4/c1-2-3-4-5-10-8-12-6-11-7(9)13-8/h6H,2-5H2,1H3,(H,10,11,12,13)/p+1. The molecule has 0 spiro atoms. The molecule has 1 aromatic rings. The fourth-order valence-electron chi connectivity index (χ4n) is 0.972. The summed E-state index contributed by atoms with van der Waals surface area (Å²) in [5, 5.41) is 3.18. The third-order valence-corrected chi connectivity index (χ3v) is 2.03. The average molecular weight is 246 g/mol. The van der Waals surface area contributed by atoms with Crippen LogP contribution < -0.4 is 10.3 Å². The molecule has 0 aliphatic heterocycles. The maximum atomic E-state index is 4.11. The molecule has 0 fully saturated rings. The fourth-order valence-corrected chi connectivity index (χ4v) is 1.25. The van der Waals surface area contributed by atoms with Crippen molar-refractivity contribution in [1.29, 1.82) is 0 Å². The van der Waals surface area contributed by atoms with Crippen LogP contribution in [0.15, 0.2) is 11.1 Å². The van der Waals surface area contributed by atoms with Crippen molar-refractivity contribution in [3.05, 3.63) is 11.1 Å². The van der Waals surface area contributed by atoms with Crippen molar-refractivity contribution in [3.63, 3.8) is 0 Å². The van der Waals surface area contributed by atoms with Crippen LogP contribution in [0, 0.1) is 0 Å². The van der Waals surface area contributed by atoms with Gasteiger partial charge in [-0.1, -0.05) is 24.7 Å². The highest BCUT2D eigenvalue weighted by Crippen LogP contribution is 2.00. The summed E-state index contributed by atoms with van der Waals surface area (Å²) in [5.74, 6) is 0.762. The van der Waals surface area contributed by atoms with Crippen molar-refractivity contribution in [2.75, 3.05) is 11.9 Å². The second-order valence-corrected chi connectivity index (χ2v) is 3.48. The van der Waals surface area contributed by atoms with E-state index in [4.69, 9.17) is 0 Å². The Morgan fingerprint density at radius 1 is 1.54 bits per heavy atom. The molecule has 5 heteroatoms. The molecule has 2 N–H and O–H groups in total. The van der Waals surface area contributed by atoms with E-state index in [0.717, 1.165) is 12.5 Å². The predicted octanol–water partition coefficient (Wildman–Crippen LogP) is 1.66. The van der Waals surface area contributed by atoms with Gasteiger partial charge in [0.1, 0.15) is 0 Å². The summed E-state index contributed by atoms with van der Waals surface area (Å²) in [5.41, 5.74) is 0.